The molecule has 0 aliphatic carbocycles. The molecule has 1 aromatic rings. The first-order valence-electron chi connectivity index (χ1n) is 5.35. The Kier molecular flexibility index (Phi) is 4.28. The molecular formula is C11H13Br2NO2S. The van der Waals surface area contributed by atoms with E-state index in [0.717, 1.165) is 20.4 Å². The molecule has 94 valence electrons. The summed E-state index contributed by atoms with van der Waals surface area (Å²) in [5.41, 5.74) is 0.540. The van der Waals surface area contributed by atoms with Crippen molar-refractivity contribution in [2.24, 2.45) is 0 Å². The van der Waals surface area contributed by atoms with Crippen molar-refractivity contribution >= 4 is 49.1 Å². The second-order valence-electron chi connectivity index (χ2n) is 4.37. The molecule has 0 aromatic carbocycles. The summed E-state index contributed by atoms with van der Waals surface area (Å²) >= 11 is 8.29. The Morgan fingerprint density at radius 3 is 2.65 bits per heavy atom. The zero-order chi connectivity index (χ0) is 12.5. The van der Waals surface area contributed by atoms with Gasteiger partial charge in [0.2, 0.25) is 0 Å². The summed E-state index contributed by atoms with van der Waals surface area (Å²) in [7, 11) is 0. The van der Waals surface area contributed by atoms with Gasteiger partial charge in [0.15, 0.2) is 0 Å². The molecule has 0 atom stereocenters. The first-order chi connectivity index (χ1) is 8.00. The molecule has 1 aromatic heterocycles. The molecular weight excluding hydrogens is 370 g/mol. The van der Waals surface area contributed by atoms with Gasteiger partial charge in [0, 0.05) is 18.8 Å². The Morgan fingerprint density at radius 2 is 2.12 bits per heavy atom. The Bertz CT molecular complexity index is 427. The minimum atomic E-state index is -0.150. The summed E-state index contributed by atoms with van der Waals surface area (Å²) in [6.07, 6.45) is 1.73. The fourth-order valence-corrected chi connectivity index (χ4v) is 4.58. The number of amides is 1. The van der Waals surface area contributed by atoms with Gasteiger partial charge in [-0.2, -0.15) is 0 Å². The van der Waals surface area contributed by atoms with Crippen molar-refractivity contribution in [3.05, 3.63) is 19.2 Å². The number of carbonyl (C=O) groups is 1. The van der Waals surface area contributed by atoms with Crippen molar-refractivity contribution in [1.29, 1.82) is 0 Å². The maximum Gasteiger partial charge on any atom is 0.253 e. The Hall–Kier alpha value is 0.0900. The molecule has 1 N–H and O–H groups in total. The lowest BCUT2D eigenvalue weighted by Gasteiger charge is -2.34. The van der Waals surface area contributed by atoms with Gasteiger partial charge in [0.25, 0.3) is 5.91 Å². The van der Waals surface area contributed by atoms with Gasteiger partial charge in [-0.1, -0.05) is 0 Å². The number of rotatable bonds is 2. The standard InChI is InChI=1S/C11H13Br2NO2S/c1-11(2-4-16-5-3-11)14-10(15)7-6-8(12)17-9(7)13/h6H,2-5H2,1H3,(H,14,15). The van der Waals surface area contributed by atoms with E-state index in [1.165, 1.54) is 11.3 Å². The second-order valence-corrected chi connectivity index (χ2v) is 8.11. The molecule has 0 spiro atoms. The van der Waals surface area contributed by atoms with Gasteiger partial charge in [-0.3, -0.25) is 4.79 Å². The van der Waals surface area contributed by atoms with Crippen LogP contribution in [0.5, 0.6) is 0 Å². The first-order valence-corrected chi connectivity index (χ1v) is 7.75. The van der Waals surface area contributed by atoms with E-state index in [0.29, 0.717) is 18.8 Å². The van der Waals surface area contributed by atoms with E-state index in [-0.39, 0.29) is 11.4 Å². The van der Waals surface area contributed by atoms with Crippen LogP contribution < -0.4 is 5.32 Å². The van der Waals surface area contributed by atoms with Crippen LogP contribution >= 0.6 is 43.2 Å². The van der Waals surface area contributed by atoms with E-state index in [2.05, 4.69) is 44.1 Å². The predicted molar refractivity (Wildman–Crippen MR) is 75.6 cm³/mol. The molecule has 17 heavy (non-hydrogen) atoms. The van der Waals surface area contributed by atoms with Crippen LogP contribution in [-0.4, -0.2) is 24.7 Å². The van der Waals surface area contributed by atoms with Crippen LogP contribution in [0.4, 0.5) is 0 Å². The lowest BCUT2D eigenvalue weighted by Crippen LogP contribution is -2.49. The minimum absolute atomic E-state index is 0.0248. The molecule has 0 unspecified atom stereocenters. The molecule has 1 saturated heterocycles. The van der Waals surface area contributed by atoms with Crippen LogP contribution in [0, 0.1) is 0 Å². The van der Waals surface area contributed by atoms with Crippen LogP contribution in [0.2, 0.25) is 0 Å². The number of ether oxygens (including phenoxy) is 1. The van der Waals surface area contributed by atoms with Crippen LogP contribution in [0.25, 0.3) is 0 Å². The number of nitrogens with one attached hydrogen (secondary N) is 1. The molecule has 0 bridgehead atoms. The van der Waals surface area contributed by atoms with Gasteiger partial charge in [-0.15, -0.1) is 11.3 Å². The van der Waals surface area contributed by atoms with Crippen LogP contribution in [0.15, 0.2) is 13.6 Å². The van der Waals surface area contributed by atoms with E-state index in [9.17, 15) is 4.79 Å². The van der Waals surface area contributed by atoms with Gasteiger partial charge in [0.1, 0.15) is 0 Å². The van der Waals surface area contributed by atoms with Gasteiger partial charge in [-0.25, -0.2) is 0 Å². The smallest absolute Gasteiger partial charge is 0.253 e. The predicted octanol–water partition coefficient (Wildman–Crippen LogP) is 3.57. The summed E-state index contributed by atoms with van der Waals surface area (Å²) < 4.78 is 7.12. The number of thiophene rings is 1. The van der Waals surface area contributed by atoms with Crippen molar-refractivity contribution in [2.45, 2.75) is 25.3 Å². The van der Waals surface area contributed by atoms with E-state index in [4.69, 9.17) is 4.74 Å². The molecule has 2 heterocycles. The Balaban J connectivity index is 2.08. The Labute approximate surface area is 121 Å². The average Bonchev–Trinajstić information content (AvgIpc) is 2.58. The first kappa shape index (κ1) is 13.5. The molecule has 2 rings (SSSR count). The summed E-state index contributed by atoms with van der Waals surface area (Å²) in [5, 5.41) is 3.10. The molecule has 1 fully saturated rings. The normalized spacial score (nSPS) is 19.0. The van der Waals surface area contributed by atoms with Gasteiger partial charge < -0.3 is 10.1 Å². The maximum absolute atomic E-state index is 12.2. The monoisotopic (exact) mass is 381 g/mol. The van der Waals surface area contributed by atoms with Crippen molar-refractivity contribution in [3.8, 4) is 0 Å². The molecule has 0 radical (unpaired) electrons. The zero-order valence-electron chi connectivity index (χ0n) is 9.39. The van der Waals surface area contributed by atoms with Crippen molar-refractivity contribution in [3.63, 3.8) is 0 Å². The van der Waals surface area contributed by atoms with Crippen LogP contribution in [0.3, 0.4) is 0 Å². The number of halogens is 2. The fraction of sp³-hybridized carbons (Fsp3) is 0.545. The summed E-state index contributed by atoms with van der Waals surface area (Å²) in [4.78, 5) is 12.2. The SMILES string of the molecule is CC1(NC(=O)c2cc(Br)sc2Br)CCOCC1. The van der Waals surface area contributed by atoms with Crippen molar-refractivity contribution in [1.82, 2.24) is 5.32 Å². The van der Waals surface area contributed by atoms with Crippen molar-refractivity contribution in [2.75, 3.05) is 13.2 Å². The fourth-order valence-electron chi connectivity index (χ4n) is 1.78. The summed E-state index contributed by atoms with van der Waals surface area (Å²) in [6.45, 7) is 3.50. The highest BCUT2D eigenvalue weighted by Crippen LogP contribution is 2.32. The van der Waals surface area contributed by atoms with Crippen LogP contribution in [0.1, 0.15) is 30.1 Å². The molecule has 1 aliphatic heterocycles. The van der Waals surface area contributed by atoms with E-state index in [1.807, 2.05) is 6.07 Å². The highest BCUT2D eigenvalue weighted by molar-refractivity contribution is 9.12. The average molecular weight is 383 g/mol. The topological polar surface area (TPSA) is 38.3 Å². The van der Waals surface area contributed by atoms with Gasteiger partial charge in [-0.05, 0) is 57.7 Å². The van der Waals surface area contributed by atoms with Gasteiger partial charge in [0.05, 0.1) is 13.1 Å². The quantitative estimate of drug-likeness (QED) is 0.848. The maximum atomic E-state index is 12.2. The van der Waals surface area contributed by atoms with E-state index in [1.54, 1.807) is 0 Å². The van der Waals surface area contributed by atoms with E-state index >= 15 is 0 Å². The summed E-state index contributed by atoms with van der Waals surface area (Å²) in [6, 6.07) is 1.84. The molecule has 0 saturated carbocycles. The largest absolute Gasteiger partial charge is 0.381 e. The molecule has 1 aliphatic rings. The lowest BCUT2D eigenvalue weighted by atomic mass is 9.92. The molecule has 3 nitrogen and oxygen atoms in total. The van der Waals surface area contributed by atoms with Crippen LogP contribution in [-0.2, 0) is 4.74 Å². The highest BCUT2D eigenvalue weighted by atomic mass is 79.9. The van der Waals surface area contributed by atoms with Crippen molar-refractivity contribution < 1.29 is 9.53 Å². The van der Waals surface area contributed by atoms with E-state index < -0.39 is 0 Å². The summed E-state index contributed by atoms with van der Waals surface area (Å²) in [5.74, 6) is -0.0248. The Morgan fingerprint density at radius 1 is 1.47 bits per heavy atom. The number of hydrogen-bond acceptors (Lipinski definition) is 3. The third-order valence-corrected chi connectivity index (χ3v) is 5.25. The lowest BCUT2D eigenvalue weighted by molar-refractivity contribution is 0.0423. The van der Waals surface area contributed by atoms with Gasteiger partial charge >= 0.3 is 0 Å². The number of hydrogen-bond donors (Lipinski definition) is 1. The minimum Gasteiger partial charge on any atom is -0.381 e. The molecule has 6 heteroatoms. The third kappa shape index (κ3) is 3.30. The second kappa shape index (κ2) is 5.38. The highest BCUT2D eigenvalue weighted by Gasteiger charge is 2.30. The number of carbonyl (C=O) groups excluding carboxylic acids is 1. The zero-order valence-corrected chi connectivity index (χ0v) is 13.4. The molecule has 1 amide bonds. The third-order valence-electron chi connectivity index (χ3n) is 2.91.